The fourth-order valence-electron chi connectivity index (χ4n) is 2.40. The molecule has 0 saturated carbocycles. The predicted molar refractivity (Wildman–Crippen MR) is 91.9 cm³/mol. The van der Waals surface area contributed by atoms with E-state index >= 15 is 0 Å². The van der Waals surface area contributed by atoms with E-state index < -0.39 is 5.54 Å². The van der Waals surface area contributed by atoms with Gasteiger partial charge in [0.2, 0.25) is 0 Å². The summed E-state index contributed by atoms with van der Waals surface area (Å²) in [5.74, 6) is 0.500. The van der Waals surface area contributed by atoms with E-state index in [1.807, 2.05) is 19.9 Å². The van der Waals surface area contributed by atoms with Gasteiger partial charge in [-0.1, -0.05) is 11.6 Å². The van der Waals surface area contributed by atoms with Crippen LogP contribution in [0.15, 0.2) is 54.9 Å². The number of pyridine rings is 1. The Morgan fingerprint density at radius 1 is 1.43 bits per heavy atom. The maximum Gasteiger partial charge on any atom is 0.137 e. The van der Waals surface area contributed by atoms with Crippen LogP contribution < -0.4 is 10.5 Å². The summed E-state index contributed by atoms with van der Waals surface area (Å²) in [7, 11) is 0. The summed E-state index contributed by atoms with van der Waals surface area (Å²) in [4.78, 5) is 3.86. The standard InChI is InChI=1S/C19H21N3O/c1-14(2)11-19(3,21)13-23-18-5-4-16(10-17(18)12-20)15-6-8-22-9-7-15/h4-10H,1,11,13,21H2,2-3H3/i8D. The fraction of sp³-hybridized carbons (Fsp3) is 0.263. The van der Waals surface area contributed by atoms with E-state index in [9.17, 15) is 5.26 Å². The number of nitrogens with two attached hydrogens (primary N) is 1. The molecule has 1 atom stereocenters. The Hall–Kier alpha value is -2.64. The molecule has 0 aliphatic rings. The molecule has 118 valence electrons. The molecule has 4 heteroatoms. The molecule has 2 rings (SSSR count). The van der Waals surface area contributed by atoms with E-state index in [1.54, 1.807) is 30.5 Å². The average molecular weight is 308 g/mol. The molecule has 0 bridgehead atoms. The van der Waals surface area contributed by atoms with Crippen LogP contribution in [0.5, 0.6) is 5.75 Å². The van der Waals surface area contributed by atoms with Crippen molar-refractivity contribution in [3.63, 3.8) is 0 Å². The lowest BCUT2D eigenvalue weighted by Gasteiger charge is -2.25. The van der Waals surface area contributed by atoms with Crippen molar-refractivity contribution in [2.75, 3.05) is 6.61 Å². The summed E-state index contributed by atoms with van der Waals surface area (Å²) in [6, 6.07) is 11.0. The zero-order valence-electron chi connectivity index (χ0n) is 14.5. The molecule has 2 N–H and O–H groups in total. The average Bonchev–Trinajstić information content (AvgIpc) is 2.51. The highest BCUT2D eigenvalue weighted by Gasteiger charge is 2.20. The number of rotatable bonds is 6. The molecule has 1 aromatic heterocycles. The van der Waals surface area contributed by atoms with Crippen molar-refractivity contribution < 1.29 is 6.11 Å². The van der Waals surface area contributed by atoms with Crippen molar-refractivity contribution >= 4 is 0 Å². The van der Waals surface area contributed by atoms with Gasteiger partial charge in [0.05, 0.1) is 12.5 Å². The summed E-state index contributed by atoms with van der Waals surface area (Å²) >= 11 is 0. The minimum Gasteiger partial charge on any atom is -0.490 e. The first-order valence-electron chi connectivity index (χ1n) is 7.84. The van der Waals surface area contributed by atoms with Crippen LogP contribution in [-0.2, 0) is 0 Å². The van der Waals surface area contributed by atoms with Crippen molar-refractivity contribution in [3.05, 3.63) is 60.4 Å². The number of aromatic nitrogens is 1. The van der Waals surface area contributed by atoms with Gasteiger partial charge in [-0.2, -0.15) is 5.26 Å². The van der Waals surface area contributed by atoms with Gasteiger partial charge in [0.1, 0.15) is 18.4 Å². The largest absolute Gasteiger partial charge is 0.490 e. The lowest BCUT2D eigenvalue weighted by molar-refractivity contribution is 0.229. The van der Waals surface area contributed by atoms with E-state index in [4.69, 9.17) is 11.8 Å². The molecule has 0 aliphatic heterocycles. The molecular formula is C19H21N3O. The van der Waals surface area contributed by atoms with Crippen LogP contribution >= 0.6 is 0 Å². The van der Waals surface area contributed by atoms with Crippen molar-refractivity contribution in [3.8, 4) is 22.9 Å². The third-order valence-corrected chi connectivity index (χ3v) is 3.32. The quantitative estimate of drug-likeness (QED) is 0.826. The molecular weight excluding hydrogens is 286 g/mol. The summed E-state index contributed by atoms with van der Waals surface area (Å²) in [5, 5.41) is 9.39. The Labute approximate surface area is 138 Å². The van der Waals surface area contributed by atoms with Gasteiger partial charge in [-0.25, -0.2) is 0 Å². The molecule has 1 heterocycles. The van der Waals surface area contributed by atoms with E-state index in [2.05, 4.69) is 17.6 Å². The Morgan fingerprint density at radius 2 is 2.22 bits per heavy atom. The molecule has 0 aliphatic carbocycles. The fourth-order valence-corrected chi connectivity index (χ4v) is 2.40. The first kappa shape index (κ1) is 15.3. The van der Waals surface area contributed by atoms with Crippen molar-refractivity contribution in [1.29, 1.82) is 5.26 Å². The van der Waals surface area contributed by atoms with Crippen LogP contribution in [0.4, 0.5) is 0 Å². The third kappa shape index (κ3) is 4.67. The van der Waals surface area contributed by atoms with E-state index in [0.717, 1.165) is 16.7 Å². The van der Waals surface area contributed by atoms with Gasteiger partial charge in [0.25, 0.3) is 0 Å². The number of benzene rings is 1. The van der Waals surface area contributed by atoms with Gasteiger partial charge >= 0.3 is 0 Å². The molecule has 4 nitrogen and oxygen atoms in total. The van der Waals surface area contributed by atoms with Gasteiger partial charge in [-0.15, -0.1) is 6.58 Å². The van der Waals surface area contributed by atoms with E-state index in [1.165, 1.54) is 0 Å². The van der Waals surface area contributed by atoms with Gasteiger partial charge in [-0.05, 0) is 55.7 Å². The summed E-state index contributed by atoms with van der Waals surface area (Å²) in [5.41, 5.74) is 8.76. The van der Waals surface area contributed by atoms with Crippen LogP contribution in [-0.4, -0.2) is 17.1 Å². The summed E-state index contributed by atoms with van der Waals surface area (Å²) < 4.78 is 13.4. The number of nitrogens with zero attached hydrogens (tertiary/aromatic N) is 2. The van der Waals surface area contributed by atoms with Gasteiger partial charge in [-0.3, -0.25) is 4.98 Å². The predicted octanol–water partition coefficient (Wildman–Crippen LogP) is 3.68. The van der Waals surface area contributed by atoms with E-state index in [0.29, 0.717) is 24.3 Å². The Kier molecular flexibility index (Phi) is 4.70. The molecule has 1 unspecified atom stereocenters. The SMILES string of the molecule is [2H]c1cc(-c2ccc(OCC(C)(N)CC(=C)C)c(C#N)c2)ccn1. The highest BCUT2D eigenvalue weighted by molar-refractivity contribution is 5.66. The first-order valence-corrected chi connectivity index (χ1v) is 7.34. The Balaban J connectivity index is 2.21. The van der Waals surface area contributed by atoms with Crippen molar-refractivity contribution in [2.45, 2.75) is 25.8 Å². The second kappa shape index (κ2) is 7.08. The van der Waals surface area contributed by atoms with Crippen LogP contribution in [0, 0.1) is 11.3 Å². The maximum absolute atomic E-state index is 9.39. The molecule has 0 radical (unpaired) electrons. The molecule has 0 amide bonds. The number of ether oxygens (including phenoxy) is 1. The van der Waals surface area contributed by atoms with Gasteiger partial charge < -0.3 is 10.5 Å². The van der Waals surface area contributed by atoms with Gasteiger partial charge in [0, 0.05) is 12.4 Å². The number of hydrogen-bond donors (Lipinski definition) is 1. The maximum atomic E-state index is 9.39. The number of nitriles is 1. The molecule has 0 spiro atoms. The van der Waals surface area contributed by atoms with Crippen LogP contribution in [0.25, 0.3) is 11.1 Å². The number of hydrogen-bond acceptors (Lipinski definition) is 4. The molecule has 0 saturated heterocycles. The Bertz CT molecular complexity index is 793. The highest BCUT2D eigenvalue weighted by atomic mass is 16.5. The van der Waals surface area contributed by atoms with Crippen LogP contribution in [0.1, 0.15) is 27.2 Å². The first-order chi connectivity index (χ1) is 11.3. The second-order valence-electron chi connectivity index (χ2n) is 6.07. The molecule has 23 heavy (non-hydrogen) atoms. The molecule has 2 aromatic rings. The molecule has 1 aromatic carbocycles. The topological polar surface area (TPSA) is 71.9 Å². The smallest absolute Gasteiger partial charge is 0.137 e. The van der Waals surface area contributed by atoms with Crippen molar-refractivity contribution in [1.82, 2.24) is 4.98 Å². The van der Waals surface area contributed by atoms with Crippen molar-refractivity contribution in [2.24, 2.45) is 5.73 Å². The zero-order valence-corrected chi connectivity index (χ0v) is 13.5. The summed E-state index contributed by atoms with van der Waals surface area (Å²) in [6.07, 6.45) is 2.41. The third-order valence-electron chi connectivity index (χ3n) is 3.32. The lowest BCUT2D eigenvalue weighted by atomic mass is 9.96. The minimum absolute atomic E-state index is 0.185. The summed E-state index contributed by atoms with van der Waals surface area (Å²) in [6.45, 7) is 7.99. The van der Waals surface area contributed by atoms with Crippen LogP contribution in [0.2, 0.25) is 0 Å². The monoisotopic (exact) mass is 308 g/mol. The highest BCUT2D eigenvalue weighted by Crippen LogP contribution is 2.27. The Morgan fingerprint density at radius 3 is 2.87 bits per heavy atom. The lowest BCUT2D eigenvalue weighted by Crippen LogP contribution is -2.42. The normalized spacial score (nSPS) is 13.6. The van der Waals surface area contributed by atoms with E-state index in [-0.39, 0.29) is 6.17 Å². The van der Waals surface area contributed by atoms with Gasteiger partial charge in [0.15, 0.2) is 0 Å². The molecule has 0 fully saturated rings. The van der Waals surface area contributed by atoms with Crippen LogP contribution in [0.3, 0.4) is 0 Å². The zero-order chi connectivity index (χ0) is 17.7. The minimum atomic E-state index is -0.539. The second-order valence-corrected chi connectivity index (χ2v) is 6.07.